The number of ether oxygens (including phenoxy) is 1. The van der Waals surface area contributed by atoms with E-state index in [9.17, 15) is 0 Å². The number of nitrogen functional groups attached to an aromatic ring is 1. The van der Waals surface area contributed by atoms with Crippen molar-refractivity contribution in [3.05, 3.63) is 42.5 Å². The third-order valence-corrected chi connectivity index (χ3v) is 3.35. The molecule has 0 amide bonds. The molecular weight excluding hydrogens is 272 g/mol. The van der Waals surface area contributed by atoms with Gasteiger partial charge in [-0.2, -0.15) is 9.36 Å². The zero-order chi connectivity index (χ0) is 13.9. The molecule has 100 valence electrons. The van der Waals surface area contributed by atoms with Crippen molar-refractivity contribution >= 4 is 16.7 Å². The summed E-state index contributed by atoms with van der Waals surface area (Å²) in [5, 5.41) is 0.441. The standard InChI is InChI=1S/C14H12N4OS/c1-19-10-7-5-9(6-8-10)11-3-2-4-12(16-11)13-17-14(15)20-18-13/h2-8H,1H3,(H2,15,17,18). The number of methoxy groups -OCH3 is 1. The molecule has 0 unspecified atom stereocenters. The van der Waals surface area contributed by atoms with Gasteiger partial charge < -0.3 is 10.5 Å². The second kappa shape index (κ2) is 5.26. The van der Waals surface area contributed by atoms with Crippen LogP contribution < -0.4 is 10.5 Å². The number of nitrogens with zero attached hydrogens (tertiary/aromatic N) is 3. The van der Waals surface area contributed by atoms with E-state index in [2.05, 4.69) is 14.3 Å². The first-order valence-corrected chi connectivity index (χ1v) is 6.74. The predicted octanol–water partition coefficient (Wildman–Crippen LogP) is 2.86. The van der Waals surface area contributed by atoms with Crippen LogP contribution in [0.3, 0.4) is 0 Å². The summed E-state index contributed by atoms with van der Waals surface area (Å²) in [5.41, 5.74) is 8.18. The van der Waals surface area contributed by atoms with Crippen LogP contribution in [0.4, 0.5) is 5.13 Å². The molecule has 0 aliphatic carbocycles. The topological polar surface area (TPSA) is 73.9 Å². The Morgan fingerprint density at radius 1 is 1.00 bits per heavy atom. The van der Waals surface area contributed by atoms with Gasteiger partial charge in [-0.3, -0.25) is 0 Å². The van der Waals surface area contributed by atoms with E-state index in [1.165, 1.54) is 11.5 Å². The van der Waals surface area contributed by atoms with E-state index in [0.717, 1.165) is 17.0 Å². The molecule has 2 heterocycles. The first-order valence-electron chi connectivity index (χ1n) is 5.97. The van der Waals surface area contributed by atoms with Crippen LogP contribution in [-0.2, 0) is 0 Å². The van der Waals surface area contributed by atoms with Gasteiger partial charge in [-0.05, 0) is 36.4 Å². The van der Waals surface area contributed by atoms with Crippen LogP contribution in [0.5, 0.6) is 5.75 Å². The van der Waals surface area contributed by atoms with E-state index < -0.39 is 0 Å². The minimum absolute atomic E-state index is 0.441. The van der Waals surface area contributed by atoms with Gasteiger partial charge in [0.25, 0.3) is 0 Å². The van der Waals surface area contributed by atoms with E-state index >= 15 is 0 Å². The van der Waals surface area contributed by atoms with Gasteiger partial charge in [-0.25, -0.2) is 4.98 Å². The summed E-state index contributed by atoms with van der Waals surface area (Å²) in [7, 11) is 1.65. The molecule has 3 aromatic rings. The van der Waals surface area contributed by atoms with E-state index in [4.69, 9.17) is 10.5 Å². The lowest BCUT2D eigenvalue weighted by Gasteiger charge is -2.04. The minimum atomic E-state index is 0.441. The molecule has 2 aromatic heterocycles. The number of pyridine rings is 1. The van der Waals surface area contributed by atoms with Gasteiger partial charge in [0.05, 0.1) is 12.8 Å². The van der Waals surface area contributed by atoms with E-state index in [-0.39, 0.29) is 0 Å². The molecule has 0 aliphatic heterocycles. The average Bonchev–Trinajstić information content (AvgIpc) is 2.94. The summed E-state index contributed by atoms with van der Waals surface area (Å²) >= 11 is 1.17. The lowest BCUT2D eigenvalue weighted by Crippen LogP contribution is -1.90. The van der Waals surface area contributed by atoms with Crippen LogP contribution in [-0.4, -0.2) is 21.5 Å². The van der Waals surface area contributed by atoms with Crippen molar-refractivity contribution < 1.29 is 4.74 Å². The normalized spacial score (nSPS) is 10.4. The van der Waals surface area contributed by atoms with E-state index in [0.29, 0.717) is 16.6 Å². The monoisotopic (exact) mass is 284 g/mol. The third kappa shape index (κ3) is 2.46. The summed E-state index contributed by atoms with van der Waals surface area (Å²) in [6.07, 6.45) is 0. The fourth-order valence-electron chi connectivity index (χ4n) is 1.82. The second-order valence-electron chi connectivity index (χ2n) is 4.09. The minimum Gasteiger partial charge on any atom is -0.497 e. The van der Waals surface area contributed by atoms with Crippen LogP contribution in [0.1, 0.15) is 0 Å². The molecular formula is C14H12N4OS. The molecule has 1 aromatic carbocycles. The molecule has 0 atom stereocenters. The van der Waals surface area contributed by atoms with Crippen molar-refractivity contribution in [1.29, 1.82) is 0 Å². The SMILES string of the molecule is COc1ccc(-c2cccc(-c3nsc(N)n3)n2)cc1. The highest BCUT2D eigenvalue weighted by Crippen LogP contribution is 2.24. The number of anilines is 1. The Morgan fingerprint density at radius 3 is 2.40 bits per heavy atom. The molecule has 0 fully saturated rings. The molecule has 20 heavy (non-hydrogen) atoms. The Bertz CT molecular complexity index is 724. The molecule has 2 N–H and O–H groups in total. The van der Waals surface area contributed by atoms with Crippen molar-refractivity contribution in [2.45, 2.75) is 0 Å². The summed E-state index contributed by atoms with van der Waals surface area (Å²) in [5.74, 6) is 1.38. The number of aromatic nitrogens is 3. The fourth-order valence-corrected chi connectivity index (χ4v) is 2.26. The van der Waals surface area contributed by atoms with Crippen LogP contribution in [0.15, 0.2) is 42.5 Å². The Kier molecular flexibility index (Phi) is 3.30. The van der Waals surface area contributed by atoms with Crippen molar-refractivity contribution in [3.8, 4) is 28.5 Å². The van der Waals surface area contributed by atoms with E-state index in [1.54, 1.807) is 7.11 Å². The van der Waals surface area contributed by atoms with Crippen molar-refractivity contribution in [2.24, 2.45) is 0 Å². The number of rotatable bonds is 3. The van der Waals surface area contributed by atoms with Crippen LogP contribution >= 0.6 is 11.5 Å². The van der Waals surface area contributed by atoms with Gasteiger partial charge in [-0.15, -0.1) is 0 Å². The lowest BCUT2D eigenvalue weighted by molar-refractivity contribution is 0.415. The second-order valence-corrected chi connectivity index (χ2v) is 4.88. The first-order chi connectivity index (χ1) is 9.76. The Labute approximate surface area is 120 Å². The first kappa shape index (κ1) is 12.6. The maximum absolute atomic E-state index is 5.60. The van der Waals surface area contributed by atoms with Crippen LogP contribution in [0.2, 0.25) is 0 Å². The third-order valence-electron chi connectivity index (χ3n) is 2.81. The largest absolute Gasteiger partial charge is 0.497 e. The van der Waals surface area contributed by atoms with Gasteiger partial charge in [0.2, 0.25) is 0 Å². The number of benzene rings is 1. The van der Waals surface area contributed by atoms with Gasteiger partial charge in [0, 0.05) is 17.1 Å². The molecule has 0 saturated heterocycles. The Morgan fingerprint density at radius 2 is 1.75 bits per heavy atom. The maximum atomic E-state index is 5.60. The molecule has 5 nitrogen and oxygen atoms in total. The molecule has 0 radical (unpaired) electrons. The summed E-state index contributed by atoms with van der Waals surface area (Å²) in [6, 6.07) is 13.5. The van der Waals surface area contributed by atoms with Crippen LogP contribution in [0, 0.1) is 0 Å². The maximum Gasteiger partial charge on any atom is 0.200 e. The van der Waals surface area contributed by atoms with Gasteiger partial charge in [0.1, 0.15) is 11.4 Å². The molecule has 0 saturated carbocycles. The summed E-state index contributed by atoms with van der Waals surface area (Å²) in [6.45, 7) is 0. The highest BCUT2D eigenvalue weighted by molar-refractivity contribution is 7.09. The van der Waals surface area contributed by atoms with Crippen molar-refractivity contribution in [2.75, 3.05) is 12.8 Å². The Hall–Kier alpha value is -2.47. The highest BCUT2D eigenvalue weighted by atomic mass is 32.1. The van der Waals surface area contributed by atoms with Gasteiger partial charge >= 0.3 is 0 Å². The molecule has 0 spiro atoms. The van der Waals surface area contributed by atoms with E-state index in [1.807, 2.05) is 42.5 Å². The fraction of sp³-hybridized carbons (Fsp3) is 0.0714. The molecule has 3 rings (SSSR count). The Balaban J connectivity index is 1.98. The zero-order valence-electron chi connectivity index (χ0n) is 10.8. The smallest absolute Gasteiger partial charge is 0.200 e. The summed E-state index contributed by atoms with van der Waals surface area (Å²) < 4.78 is 9.32. The molecule has 0 aliphatic rings. The van der Waals surface area contributed by atoms with Gasteiger partial charge in [0.15, 0.2) is 11.0 Å². The predicted molar refractivity (Wildman–Crippen MR) is 79.5 cm³/mol. The highest BCUT2D eigenvalue weighted by Gasteiger charge is 2.08. The average molecular weight is 284 g/mol. The number of nitrogens with two attached hydrogens (primary N) is 1. The molecule has 6 heteroatoms. The number of hydrogen-bond donors (Lipinski definition) is 1. The van der Waals surface area contributed by atoms with Gasteiger partial charge in [-0.1, -0.05) is 6.07 Å². The quantitative estimate of drug-likeness (QED) is 0.800. The van der Waals surface area contributed by atoms with Crippen molar-refractivity contribution in [1.82, 2.24) is 14.3 Å². The van der Waals surface area contributed by atoms with Crippen molar-refractivity contribution in [3.63, 3.8) is 0 Å². The summed E-state index contributed by atoms with van der Waals surface area (Å²) in [4.78, 5) is 8.71. The number of hydrogen-bond acceptors (Lipinski definition) is 6. The zero-order valence-corrected chi connectivity index (χ0v) is 11.6. The molecule has 0 bridgehead atoms. The van der Waals surface area contributed by atoms with Crippen LogP contribution in [0.25, 0.3) is 22.8 Å². The lowest BCUT2D eigenvalue weighted by atomic mass is 10.1.